The topological polar surface area (TPSA) is 91.3 Å². The van der Waals surface area contributed by atoms with Crippen LogP contribution < -0.4 is 16.0 Å². The molecule has 3 N–H and O–H groups in total. The predicted octanol–water partition coefficient (Wildman–Crippen LogP) is 2.99. The Balaban J connectivity index is 1.78. The van der Waals surface area contributed by atoms with Crippen molar-refractivity contribution in [3.8, 4) is 0 Å². The van der Waals surface area contributed by atoms with E-state index in [2.05, 4.69) is 30.9 Å². The molecule has 0 saturated heterocycles. The quantitative estimate of drug-likeness (QED) is 0.444. The molecule has 2 heterocycles. The fourth-order valence-corrected chi connectivity index (χ4v) is 3.07. The molecule has 0 radical (unpaired) electrons. The van der Waals surface area contributed by atoms with Crippen LogP contribution in [0.15, 0.2) is 28.6 Å². The Morgan fingerprint density at radius 3 is 2.69 bits per heavy atom. The van der Waals surface area contributed by atoms with E-state index in [9.17, 15) is 18.0 Å². The Labute approximate surface area is 170 Å². The molecular weight excluding hydrogens is 405 g/mol. The second-order valence-electron chi connectivity index (χ2n) is 6.02. The third kappa shape index (κ3) is 8.06. The van der Waals surface area contributed by atoms with E-state index in [0.717, 1.165) is 22.4 Å². The van der Waals surface area contributed by atoms with E-state index in [-0.39, 0.29) is 18.9 Å². The van der Waals surface area contributed by atoms with Gasteiger partial charge in [-0.15, -0.1) is 11.3 Å². The van der Waals surface area contributed by atoms with Gasteiger partial charge in [-0.25, -0.2) is 9.97 Å². The number of hydrogen-bond donors (Lipinski definition) is 3. The number of pyridine rings is 1. The molecule has 158 valence electrons. The summed E-state index contributed by atoms with van der Waals surface area (Å²) in [5.41, 5.74) is -0.0642. The lowest BCUT2D eigenvalue weighted by Gasteiger charge is -2.11. The maximum absolute atomic E-state index is 12.6. The number of halogens is 3. The van der Waals surface area contributed by atoms with Gasteiger partial charge in [-0.1, -0.05) is 6.07 Å². The summed E-state index contributed by atoms with van der Waals surface area (Å²) in [7, 11) is 0. The smallest absolute Gasteiger partial charge is 0.357 e. The number of nitrogens with one attached hydrogen (secondary N) is 3. The molecule has 0 saturated carbocycles. The van der Waals surface area contributed by atoms with E-state index in [1.165, 1.54) is 0 Å². The van der Waals surface area contributed by atoms with Crippen molar-refractivity contribution in [2.75, 3.05) is 25.0 Å². The summed E-state index contributed by atoms with van der Waals surface area (Å²) in [6.07, 6.45) is -3.92. The number of aryl methyl sites for hydroxylation is 1. The molecule has 11 heteroatoms. The number of carbonyl (C=O) groups is 1. The van der Waals surface area contributed by atoms with Gasteiger partial charge in [-0.05, 0) is 26.0 Å². The highest BCUT2D eigenvalue weighted by atomic mass is 32.1. The van der Waals surface area contributed by atoms with Crippen molar-refractivity contribution >= 4 is 29.0 Å². The van der Waals surface area contributed by atoms with E-state index < -0.39 is 11.9 Å². The van der Waals surface area contributed by atoms with Crippen LogP contribution >= 0.6 is 11.3 Å². The number of nitrogens with zero attached hydrogens (tertiary/aromatic N) is 3. The van der Waals surface area contributed by atoms with Gasteiger partial charge in [0.05, 0.1) is 5.01 Å². The first-order chi connectivity index (χ1) is 13.8. The zero-order valence-corrected chi connectivity index (χ0v) is 17.0. The number of hydrogen-bond acceptors (Lipinski definition) is 5. The van der Waals surface area contributed by atoms with Gasteiger partial charge in [0.25, 0.3) is 0 Å². The summed E-state index contributed by atoms with van der Waals surface area (Å²) in [5, 5.41) is 10.2. The standard InChI is InChI=1S/C18H23F3N6OS/c1-3-22-17(24-10-8-16-26-13(11-29-16)18(19,20)21)23-9-7-15(28)27-14-6-4-5-12(2)25-14/h4-6,11H,3,7-10H2,1-2H3,(H2,22,23,24)(H,25,27,28). The van der Waals surface area contributed by atoms with E-state index in [4.69, 9.17) is 0 Å². The number of alkyl halides is 3. The van der Waals surface area contributed by atoms with Gasteiger partial charge in [0.1, 0.15) is 5.82 Å². The number of carbonyl (C=O) groups excluding carboxylic acids is 1. The lowest BCUT2D eigenvalue weighted by molar-refractivity contribution is -0.140. The minimum absolute atomic E-state index is 0.186. The van der Waals surface area contributed by atoms with Crippen molar-refractivity contribution < 1.29 is 18.0 Å². The molecule has 2 rings (SSSR count). The van der Waals surface area contributed by atoms with Crippen molar-refractivity contribution in [3.63, 3.8) is 0 Å². The molecular formula is C18H23F3N6OS. The van der Waals surface area contributed by atoms with Gasteiger partial charge in [-0.2, -0.15) is 13.2 Å². The van der Waals surface area contributed by atoms with Gasteiger partial charge in [0, 0.05) is 43.5 Å². The summed E-state index contributed by atoms with van der Waals surface area (Å²) in [5.74, 6) is 0.799. The van der Waals surface area contributed by atoms with E-state index >= 15 is 0 Å². The van der Waals surface area contributed by atoms with E-state index in [0.29, 0.717) is 36.3 Å². The van der Waals surface area contributed by atoms with Crippen LogP contribution in [0.3, 0.4) is 0 Å². The third-order valence-corrected chi connectivity index (χ3v) is 4.49. The molecule has 0 atom stereocenters. The highest BCUT2D eigenvalue weighted by Gasteiger charge is 2.33. The first-order valence-electron chi connectivity index (χ1n) is 9.05. The van der Waals surface area contributed by atoms with Gasteiger partial charge < -0.3 is 16.0 Å². The number of amides is 1. The van der Waals surface area contributed by atoms with Crippen molar-refractivity contribution in [3.05, 3.63) is 40.0 Å². The molecule has 2 aromatic heterocycles. The van der Waals surface area contributed by atoms with Crippen molar-refractivity contribution in [1.82, 2.24) is 20.6 Å². The zero-order chi connectivity index (χ0) is 21.3. The van der Waals surface area contributed by atoms with Gasteiger partial charge in [-0.3, -0.25) is 9.79 Å². The molecule has 2 aromatic rings. The number of thiazole rings is 1. The molecule has 1 amide bonds. The molecule has 0 aliphatic carbocycles. The summed E-state index contributed by atoms with van der Waals surface area (Å²) in [6, 6.07) is 5.37. The Bertz CT molecular complexity index is 837. The Kier molecular flexibility index (Phi) is 8.37. The zero-order valence-electron chi connectivity index (χ0n) is 16.1. The van der Waals surface area contributed by atoms with Crippen LogP contribution in [-0.2, 0) is 17.4 Å². The van der Waals surface area contributed by atoms with Crippen LogP contribution in [0.25, 0.3) is 0 Å². The molecule has 0 unspecified atom stereocenters. The lowest BCUT2D eigenvalue weighted by atomic mass is 10.3. The third-order valence-electron chi connectivity index (χ3n) is 3.58. The van der Waals surface area contributed by atoms with E-state index in [1.54, 1.807) is 6.07 Å². The van der Waals surface area contributed by atoms with Crippen LogP contribution in [-0.4, -0.2) is 41.5 Å². The molecule has 0 bridgehead atoms. The molecule has 29 heavy (non-hydrogen) atoms. The fraction of sp³-hybridized carbons (Fsp3) is 0.444. The summed E-state index contributed by atoms with van der Waals surface area (Å²) in [6.45, 7) is 4.97. The number of rotatable bonds is 8. The monoisotopic (exact) mass is 428 g/mol. The summed E-state index contributed by atoms with van der Waals surface area (Å²) < 4.78 is 37.7. The Morgan fingerprint density at radius 1 is 1.24 bits per heavy atom. The summed E-state index contributed by atoms with van der Waals surface area (Å²) >= 11 is 0.965. The number of anilines is 1. The van der Waals surface area contributed by atoms with Gasteiger partial charge in [0.15, 0.2) is 11.7 Å². The minimum atomic E-state index is -4.43. The maximum Gasteiger partial charge on any atom is 0.434 e. The minimum Gasteiger partial charge on any atom is -0.357 e. The normalized spacial score (nSPS) is 12.0. The van der Waals surface area contributed by atoms with Crippen molar-refractivity contribution in [2.45, 2.75) is 32.9 Å². The molecule has 0 aliphatic rings. The Morgan fingerprint density at radius 2 is 2.03 bits per heavy atom. The number of aliphatic imine (C=N–C) groups is 1. The lowest BCUT2D eigenvalue weighted by Crippen LogP contribution is -2.38. The maximum atomic E-state index is 12.6. The van der Waals surface area contributed by atoms with Crippen LogP contribution in [0.2, 0.25) is 0 Å². The van der Waals surface area contributed by atoms with Crippen LogP contribution in [0.4, 0.5) is 19.0 Å². The van der Waals surface area contributed by atoms with Crippen molar-refractivity contribution in [2.24, 2.45) is 4.99 Å². The highest BCUT2D eigenvalue weighted by molar-refractivity contribution is 7.09. The molecule has 0 fully saturated rings. The highest BCUT2D eigenvalue weighted by Crippen LogP contribution is 2.30. The first-order valence-corrected chi connectivity index (χ1v) is 9.93. The molecule has 0 aromatic carbocycles. The molecule has 7 nitrogen and oxygen atoms in total. The fourth-order valence-electron chi connectivity index (χ4n) is 2.27. The van der Waals surface area contributed by atoms with Crippen molar-refractivity contribution in [1.29, 1.82) is 0 Å². The van der Waals surface area contributed by atoms with Crippen LogP contribution in [0, 0.1) is 6.92 Å². The summed E-state index contributed by atoms with van der Waals surface area (Å²) in [4.78, 5) is 24.1. The largest absolute Gasteiger partial charge is 0.434 e. The van der Waals surface area contributed by atoms with Crippen LogP contribution in [0.5, 0.6) is 0 Å². The second kappa shape index (κ2) is 10.7. The average molecular weight is 428 g/mol. The first kappa shape index (κ1) is 22.6. The Hall–Kier alpha value is -2.69. The van der Waals surface area contributed by atoms with Crippen LogP contribution in [0.1, 0.15) is 29.7 Å². The average Bonchev–Trinajstić information content (AvgIpc) is 3.11. The van der Waals surface area contributed by atoms with Gasteiger partial charge >= 0.3 is 6.18 Å². The SMILES string of the molecule is CCNC(=NCCc1nc(C(F)(F)F)cs1)NCCC(=O)Nc1cccc(C)n1. The molecule has 0 spiro atoms. The number of guanidine groups is 1. The van der Waals surface area contributed by atoms with E-state index in [1.807, 2.05) is 26.0 Å². The van der Waals surface area contributed by atoms with Gasteiger partial charge in [0.2, 0.25) is 5.91 Å². The predicted molar refractivity (Wildman–Crippen MR) is 107 cm³/mol. The molecule has 0 aliphatic heterocycles. The number of aromatic nitrogens is 2. The second-order valence-corrected chi connectivity index (χ2v) is 6.97.